The van der Waals surface area contributed by atoms with E-state index in [0.29, 0.717) is 22.6 Å². The van der Waals surface area contributed by atoms with Gasteiger partial charge in [0.25, 0.3) is 0 Å². The number of nitriles is 1. The van der Waals surface area contributed by atoms with Gasteiger partial charge in [0.1, 0.15) is 0 Å². The second-order valence-electron chi connectivity index (χ2n) is 3.61. The highest BCUT2D eigenvalue weighted by molar-refractivity contribution is 5.47. The van der Waals surface area contributed by atoms with E-state index in [4.69, 9.17) is 19.8 Å². The van der Waals surface area contributed by atoms with Crippen molar-refractivity contribution >= 4 is 0 Å². The molecule has 1 aromatic carbocycles. The molecule has 0 aliphatic heterocycles. The molecule has 0 aliphatic rings. The van der Waals surface area contributed by atoms with Gasteiger partial charge in [0.2, 0.25) is 0 Å². The normalized spacial score (nSPS) is 9.74. The molecule has 0 saturated carbocycles. The highest BCUT2D eigenvalue weighted by Gasteiger charge is 2.08. The lowest BCUT2D eigenvalue weighted by atomic mass is 10.2. The van der Waals surface area contributed by atoms with Crippen molar-refractivity contribution in [3.05, 3.63) is 41.7 Å². The van der Waals surface area contributed by atoms with Gasteiger partial charge in [-0.15, -0.1) is 0 Å². The van der Waals surface area contributed by atoms with Crippen molar-refractivity contribution < 1.29 is 14.6 Å². The first-order valence-corrected chi connectivity index (χ1v) is 5.44. The Morgan fingerprint density at radius 2 is 2.00 bits per heavy atom. The number of aromatic nitrogens is 2. The molecule has 19 heavy (non-hydrogen) atoms. The predicted octanol–water partition coefficient (Wildman–Crippen LogP) is 1.64. The van der Waals surface area contributed by atoms with E-state index in [9.17, 15) is 0 Å². The van der Waals surface area contributed by atoms with Gasteiger partial charge in [0, 0.05) is 24.0 Å². The van der Waals surface area contributed by atoms with Gasteiger partial charge in [-0.05, 0) is 12.1 Å². The summed E-state index contributed by atoms with van der Waals surface area (Å²) in [7, 11) is 1.49. The van der Waals surface area contributed by atoms with Crippen LogP contribution in [0.5, 0.6) is 17.5 Å². The van der Waals surface area contributed by atoms with Gasteiger partial charge in [-0.1, -0.05) is 0 Å². The molecule has 2 rings (SSSR count). The minimum absolute atomic E-state index is 0.125. The zero-order valence-corrected chi connectivity index (χ0v) is 10.2. The SMILES string of the molecule is COc1cc(C#N)ccc1Oc1ncc(CO)cn1. The fourth-order valence-electron chi connectivity index (χ4n) is 1.40. The largest absolute Gasteiger partial charge is 0.493 e. The summed E-state index contributed by atoms with van der Waals surface area (Å²) >= 11 is 0. The Kier molecular flexibility index (Phi) is 3.90. The number of methoxy groups -OCH3 is 1. The number of hydrogen-bond acceptors (Lipinski definition) is 6. The van der Waals surface area contributed by atoms with Crippen LogP contribution in [0.3, 0.4) is 0 Å². The van der Waals surface area contributed by atoms with Crippen molar-refractivity contribution in [3.63, 3.8) is 0 Å². The van der Waals surface area contributed by atoms with Crippen molar-refractivity contribution in [2.75, 3.05) is 7.11 Å². The number of hydrogen-bond donors (Lipinski definition) is 1. The zero-order valence-electron chi connectivity index (χ0n) is 10.2. The summed E-state index contributed by atoms with van der Waals surface area (Å²) in [5, 5.41) is 17.7. The molecule has 0 aliphatic carbocycles. The number of rotatable bonds is 4. The van der Waals surface area contributed by atoms with Crippen LogP contribution in [0, 0.1) is 11.3 Å². The molecule has 0 bridgehead atoms. The van der Waals surface area contributed by atoms with E-state index in [1.54, 1.807) is 18.2 Å². The standard InChI is InChI=1S/C13H11N3O3/c1-18-12-4-9(5-14)2-3-11(12)19-13-15-6-10(8-17)7-16-13/h2-4,6-7,17H,8H2,1H3. The maximum atomic E-state index is 8.89. The number of aliphatic hydroxyl groups excluding tert-OH is 1. The monoisotopic (exact) mass is 257 g/mol. The van der Waals surface area contributed by atoms with Gasteiger partial charge in [0.15, 0.2) is 11.5 Å². The first-order valence-electron chi connectivity index (χ1n) is 5.44. The van der Waals surface area contributed by atoms with Crippen LogP contribution in [-0.4, -0.2) is 22.2 Å². The zero-order chi connectivity index (χ0) is 13.7. The Morgan fingerprint density at radius 1 is 1.26 bits per heavy atom. The lowest BCUT2D eigenvalue weighted by Crippen LogP contribution is -1.96. The summed E-state index contributed by atoms with van der Waals surface area (Å²) in [4.78, 5) is 7.90. The molecule has 0 unspecified atom stereocenters. The van der Waals surface area contributed by atoms with Crippen LogP contribution in [0.4, 0.5) is 0 Å². The first-order chi connectivity index (χ1) is 9.26. The number of benzene rings is 1. The summed E-state index contributed by atoms with van der Waals surface area (Å²) in [6, 6.07) is 6.94. The molecule has 6 nitrogen and oxygen atoms in total. The fourth-order valence-corrected chi connectivity index (χ4v) is 1.40. The highest BCUT2D eigenvalue weighted by atomic mass is 16.5. The van der Waals surface area contributed by atoms with Crippen LogP contribution in [-0.2, 0) is 6.61 Å². The van der Waals surface area contributed by atoms with E-state index < -0.39 is 0 Å². The van der Waals surface area contributed by atoms with Crippen LogP contribution >= 0.6 is 0 Å². The predicted molar refractivity (Wildman–Crippen MR) is 65.7 cm³/mol. The Hall–Kier alpha value is -2.65. The van der Waals surface area contributed by atoms with Crippen LogP contribution < -0.4 is 9.47 Å². The second kappa shape index (κ2) is 5.80. The number of ether oxygens (including phenoxy) is 2. The topological polar surface area (TPSA) is 88.3 Å². The molecule has 1 heterocycles. The smallest absolute Gasteiger partial charge is 0.322 e. The number of nitrogens with zero attached hydrogens (tertiary/aromatic N) is 3. The van der Waals surface area contributed by atoms with Crippen molar-refractivity contribution in [1.82, 2.24) is 9.97 Å². The molecule has 2 aromatic rings. The molecular formula is C13H11N3O3. The minimum Gasteiger partial charge on any atom is -0.493 e. The lowest BCUT2D eigenvalue weighted by molar-refractivity contribution is 0.280. The van der Waals surface area contributed by atoms with Gasteiger partial charge in [-0.3, -0.25) is 0 Å². The van der Waals surface area contributed by atoms with Crippen LogP contribution in [0.15, 0.2) is 30.6 Å². The summed E-state index contributed by atoms with van der Waals surface area (Å²) in [6.45, 7) is -0.125. The Labute approximate surface area is 109 Å². The maximum Gasteiger partial charge on any atom is 0.322 e. The first kappa shape index (κ1) is 12.8. The van der Waals surface area contributed by atoms with Crippen molar-refractivity contribution in [3.8, 4) is 23.6 Å². The Bertz CT molecular complexity index is 606. The van der Waals surface area contributed by atoms with Crippen molar-refractivity contribution in [2.45, 2.75) is 6.61 Å². The van der Waals surface area contributed by atoms with E-state index in [2.05, 4.69) is 9.97 Å². The average molecular weight is 257 g/mol. The van der Waals surface area contributed by atoms with E-state index >= 15 is 0 Å². The molecule has 1 aromatic heterocycles. The molecule has 0 radical (unpaired) electrons. The lowest BCUT2D eigenvalue weighted by Gasteiger charge is -2.08. The molecule has 0 amide bonds. The van der Waals surface area contributed by atoms with Gasteiger partial charge in [-0.25, -0.2) is 9.97 Å². The second-order valence-corrected chi connectivity index (χ2v) is 3.61. The van der Waals surface area contributed by atoms with E-state index in [1.165, 1.54) is 19.5 Å². The van der Waals surface area contributed by atoms with Crippen LogP contribution in [0.2, 0.25) is 0 Å². The molecule has 6 heteroatoms. The Morgan fingerprint density at radius 3 is 2.58 bits per heavy atom. The summed E-state index contributed by atoms with van der Waals surface area (Å²) in [6.07, 6.45) is 2.94. The minimum atomic E-state index is -0.125. The van der Waals surface area contributed by atoms with E-state index in [-0.39, 0.29) is 12.6 Å². The molecule has 96 valence electrons. The third-order valence-corrected chi connectivity index (χ3v) is 2.36. The van der Waals surface area contributed by atoms with Gasteiger partial charge < -0.3 is 14.6 Å². The highest BCUT2D eigenvalue weighted by Crippen LogP contribution is 2.30. The summed E-state index contributed by atoms with van der Waals surface area (Å²) in [5.74, 6) is 0.840. The van der Waals surface area contributed by atoms with Crippen LogP contribution in [0.1, 0.15) is 11.1 Å². The fraction of sp³-hybridized carbons (Fsp3) is 0.154. The molecule has 0 fully saturated rings. The van der Waals surface area contributed by atoms with Gasteiger partial charge in [0.05, 0.1) is 25.3 Å². The average Bonchev–Trinajstić information content (AvgIpc) is 2.48. The van der Waals surface area contributed by atoms with Crippen molar-refractivity contribution in [2.24, 2.45) is 0 Å². The summed E-state index contributed by atoms with van der Waals surface area (Å²) in [5.41, 5.74) is 1.07. The third-order valence-electron chi connectivity index (χ3n) is 2.36. The molecule has 0 spiro atoms. The van der Waals surface area contributed by atoms with Gasteiger partial charge >= 0.3 is 6.01 Å². The molecular weight excluding hydrogens is 246 g/mol. The maximum absolute atomic E-state index is 8.89. The molecule has 0 atom stereocenters. The van der Waals surface area contributed by atoms with E-state index in [0.717, 1.165) is 0 Å². The molecule has 0 saturated heterocycles. The van der Waals surface area contributed by atoms with E-state index in [1.807, 2.05) is 6.07 Å². The molecule has 1 N–H and O–H groups in total. The number of aliphatic hydroxyl groups is 1. The van der Waals surface area contributed by atoms with Crippen LogP contribution in [0.25, 0.3) is 0 Å². The quantitative estimate of drug-likeness (QED) is 0.895. The van der Waals surface area contributed by atoms with Gasteiger partial charge in [-0.2, -0.15) is 5.26 Å². The summed E-state index contributed by atoms with van der Waals surface area (Å²) < 4.78 is 10.6. The van der Waals surface area contributed by atoms with Crippen molar-refractivity contribution in [1.29, 1.82) is 5.26 Å². The third kappa shape index (κ3) is 2.97. The Balaban J connectivity index is 2.24.